The predicted octanol–water partition coefficient (Wildman–Crippen LogP) is 4.93. The molecule has 0 fully saturated rings. The van der Waals surface area contributed by atoms with E-state index in [1.54, 1.807) is 6.92 Å². The van der Waals surface area contributed by atoms with Crippen LogP contribution in [0.15, 0.2) is 54.7 Å². The Labute approximate surface area is 178 Å². The Morgan fingerprint density at radius 1 is 1.00 bits per heavy atom. The molecule has 0 unspecified atom stereocenters. The van der Waals surface area contributed by atoms with Crippen molar-refractivity contribution in [1.82, 2.24) is 19.9 Å². The van der Waals surface area contributed by atoms with Crippen molar-refractivity contribution in [3.63, 3.8) is 0 Å². The van der Waals surface area contributed by atoms with Crippen molar-refractivity contribution < 1.29 is 26.7 Å². The maximum Gasteiger partial charge on any atom is 0.417 e. The molecule has 0 spiro atoms. The average molecular weight is 446 g/mol. The van der Waals surface area contributed by atoms with Crippen LogP contribution in [0.1, 0.15) is 27.3 Å². The summed E-state index contributed by atoms with van der Waals surface area (Å²) in [6.45, 7) is 1.42. The lowest BCUT2D eigenvalue weighted by atomic mass is 9.98. The van der Waals surface area contributed by atoms with Gasteiger partial charge >= 0.3 is 6.18 Å². The monoisotopic (exact) mass is 446 g/mol. The number of nitrogens with zero attached hydrogens (tertiary/aromatic N) is 3. The van der Waals surface area contributed by atoms with Crippen molar-refractivity contribution in [1.29, 1.82) is 0 Å². The normalized spacial score (nSPS) is 11.7. The molecule has 0 aliphatic heterocycles. The van der Waals surface area contributed by atoms with E-state index in [0.717, 1.165) is 22.7 Å². The van der Waals surface area contributed by atoms with Crippen LogP contribution >= 0.6 is 0 Å². The molecule has 164 valence electrons. The van der Waals surface area contributed by atoms with E-state index in [9.17, 15) is 26.7 Å². The summed E-state index contributed by atoms with van der Waals surface area (Å²) < 4.78 is 67.9. The van der Waals surface area contributed by atoms with Crippen molar-refractivity contribution in [2.45, 2.75) is 19.6 Å². The molecule has 0 aliphatic rings. The summed E-state index contributed by atoms with van der Waals surface area (Å²) in [5.41, 5.74) is 0.556. The van der Waals surface area contributed by atoms with E-state index in [4.69, 9.17) is 0 Å². The number of nitrogens with one attached hydrogen (secondary N) is 1. The van der Waals surface area contributed by atoms with Crippen LogP contribution in [0.25, 0.3) is 16.8 Å². The zero-order chi connectivity index (χ0) is 23.0. The van der Waals surface area contributed by atoms with Gasteiger partial charge in [-0.3, -0.25) is 9.20 Å². The van der Waals surface area contributed by atoms with Gasteiger partial charge < -0.3 is 5.32 Å². The number of hydrogen-bond donors (Lipinski definition) is 1. The Kier molecular flexibility index (Phi) is 5.37. The molecular formula is C22H15F5N4O. The Balaban J connectivity index is 1.53. The molecule has 0 radical (unpaired) electrons. The highest BCUT2D eigenvalue weighted by atomic mass is 19.4. The van der Waals surface area contributed by atoms with Crippen LogP contribution in [0.3, 0.4) is 0 Å². The highest BCUT2D eigenvalue weighted by Crippen LogP contribution is 2.29. The van der Waals surface area contributed by atoms with Gasteiger partial charge in [0.1, 0.15) is 11.6 Å². The van der Waals surface area contributed by atoms with E-state index in [0.29, 0.717) is 11.1 Å². The van der Waals surface area contributed by atoms with Crippen LogP contribution in [-0.4, -0.2) is 20.5 Å². The first-order valence-corrected chi connectivity index (χ1v) is 9.38. The molecule has 0 saturated carbocycles. The number of benzene rings is 2. The average Bonchev–Trinajstić information content (AvgIpc) is 3.14. The maximum atomic E-state index is 14.6. The van der Waals surface area contributed by atoms with E-state index in [-0.39, 0.29) is 29.1 Å². The van der Waals surface area contributed by atoms with Crippen molar-refractivity contribution in [3.8, 4) is 11.1 Å². The SMILES string of the molecule is Cc1cc(F)ccc1-c1ccc(C(=O)NCc2nnc3ccc(C(F)(F)F)cn23)cc1F. The fourth-order valence-corrected chi connectivity index (χ4v) is 3.29. The van der Waals surface area contributed by atoms with Crippen LogP contribution in [0.5, 0.6) is 0 Å². The zero-order valence-corrected chi connectivity index (χ0v) is 16.5. The highest BCUT2D eigenvalue weighted by Gasteiger charge is 2.31. The van der Waals surface area contributed by atoms with E-state index in [2.05, 4.69) is 15.5 Å². The lowest BCUT2D eigenvalue weighted by Gasteiger charge is -2.10. The van der Waals surface area contributed by atoms with E-state index >= 15 is 0 Å². The first kappa shape index (κ1) is 21.4. The largest absolute Gasteiger partial charge is 0.417 e. The highest BCUT2D eigenvalue weighted by molar-refractivity contribution is 5.94. The van der Waals surface area contributed by atoms with Crippen LogP contribution in [0.4, 0.5) is 22.0 Å². The maximum absolute atomic E-state index is 14.6. The van der Waals surface area contributed by atoms with Gasteiger partial charge in [-0.05, 0) is 54.4 Å². The van der Waals surface area contributed by atoms with Crippen LogP contribution in [0, 0.1) is 18.6 Å². The molecule has 0 aliphatic carbocycles. The van der Waals surface area contributed by atoms with Crippen molar-refractivity contribution >= 4 is 11.6 Å². The molecule has 5 nitrogen and oxygen atoms in total. The molecule has 32 heavy (non-hydrogen) atoms. The Morgan fingerprint density at radius 2 is 1.75 bits per heavy atom. The molecule has 1 N–H and O–H groups in total. The first-order valence-electron chi connectivity index (χ1n) is 9.38. The molecule has 10 heteroatoms. The van der Waals surface area contributed by atoms with Gasteiger partial charge in [0.25, 0.3) is 5.91 Å². The third-order valence-electron chi connectivity index (χ3n) is 4.92. The molecule has 4 aromatic rings. The molecular weight excluding hydrogens is 431 g/mol. The number of aryl methyl sites for hydroxylation is 1. The van der Waals surface area contributed by atoms with Crippen molar-refractivity contribution in [3.05, 3.63) is 88.9 Å². The first-order chi connectivity index (χ1) is 15.1. The lowest BCUT2D eigenvalue weighted by Crippen LogP contribution is -2.24. The number of alkyl halides is 3. The van der Waals surface area contributed by atoms with E-state index < -0.39 is 29.3 Å². The van der Waals surface area contributed by atoms with Gasteiger partial charge in [0, 0.05) is 17.3 Å². The summed E-state index contributed by atoms with van der Waals surface area (Å²) in [6.07, 6.45) is -3.70. The number of carbonyl (C=O) groups is 1. The second-order valence-electron chi connectivity index (χ2n) is 7.10. The van der Waals surface area contributed by atoms with Crippen LogP contribution < -0.4 is 5.32 Å². The molecule has 4 rings (SSSR count). The predicted molar refractivity (Wildman–Crippen MR) is 106 cm³/mol. The number of hydrogen-bond acceptors (Lipinski definition) is 3. The van der Waals surface area contributed by atoms with Crippen LogP contribution in [-0.2, 0) is 12.7 Å². The quantitative estimate of drug-likeness (QED) is 0.452. The summed E-state index contributed by atoms with van der Waals surface area (Å²) in [5, 5.41) is 10.1. The van der Waals surface area contributed by atoms with Crippen LogP contribution in [0.2, 0.25) is 0 Å². The van der Waals surface area contributed by atoms with Gasteiger partial charge in [0.05, 0.1) is 12.1 Å². The zero-order valence-electron chi connectivity index (χ0n) is 16.5. The second-order valence-corrected chi connectivity index (χ2v) is 7.10. The van der Waals surface area contributed by atoms with Gasteiger partial charge in [-0.15, -0.1) is 10.2 Å². The van der Waals surface area contributed by atoms with Crippen molar-refractivity contribution in [2.24, 2.45) is 0 Å². The van der Waals surface area contributed by atoms with Gasteiger partial charge in [-0.2, -0.15) is 13.2 Å². The number of rotatable bonds is 4. The number of pyridine rings is 1. The Bertz CT molecular complexity index is 1330. The molecule has 2 aromatic heterocycles. The molecule has 0 saturated heterocycles. The second kappa shape index (κ2) is 8.03. The summed E-state index contributed by atoms with van der Waals surface area (Å²) in [4.78, 5) is 12.4. The number of amides is 1. The van der Waals surface area contributed by atoms with E-state index in [1.165, 1.54) is 36.4 Å². The number of halogens is 5. The fraction of sp³-hybridized carbons (Fsp3) is 0.136. The van der Waals surface area contributed by atoms with E-state index in [1.807, 2.05) is 0 Å². The summed E-state index contributed by atoms with van der Waals surface area (Å²) >= 11 is 0. The molecule has 0 bridgehead atoms. The summed E-state index contributed by atoms with van der Waals surface area (Å²) in [5.74, 6) is -1.67. The van der Waals surface area contributed by atoms with Gasteiger partial charge in [0.15, 0.2) is 11.5 Å². The number of fused-ring (bicyclic) bond motifs is 1. The Morgan fingerprint density at radius 3 is 2.44 bits per heavy atom. The van der Waals surface area contributed by atoms with Gasteiger partial charge in [0.2, 0.25) is 0 Å². The topological polar surface area (TPSA) is 59.3 Å². The summed E-state index contributed by atoms with van der Waals surface area (Å²) in [7, 11) is 0. The lowest BCUT2D eigenvalue weighted by molar-refractivity contribution is -0.137. The summed E-state index contributed by atoms with van der Waals surface area (Å²) in [6, 6.07) is 9.86. The van der Waals surface area contributed by atoms with Gasteiger partial charge in [-0.1, -0.05) is 12.1 Å². The minimum Gasteiger partial charge on any atom is -0.345 e. The number of aromatic nitrogens is 3. The van der Waals surface area contributed by atoms with Crippen molar-refractivity contribution in [2.75, 3.05) is 0 Å². The third-order valence-corrected chi connectivity index (χ3v) is 4.92. The molecule has 2 heterocycles. The van der Waals surface area contributed by atoms with Gasteiger partial charge in [-0.25, -0.2) is 8.78 Å². The molecule has 1 amide bonds. The third kappa shape index (κ3) is 4.16. The fourth-order valence-electron chi connectivity index (χ4n) is 3.29. The minimum absolute atomic E-state index is 0.0100. The minimum atomic E-state index is -4.54. The standard InChI is InChI=1S/C22H15F5N4O/c1-12-8-15(23)4-6-16(12)17-5-2-13(9-18(17)24)21(32)28-10-20-30-29-19-7-3-14(11-31(19)20)22(25,26)27/h2-9,11H,10H2,1H3,(H,28,32). The molecule has 0 atom stereocenters. The Hall–Kier alpha value is -3.82. The molecule has 2 aromatic carbocycles. The number of carbonyl (C=O) groups excluding carboxylic acids is 1. The smallest absolute Gasteiger partial charge is 0.345 e.